The monoisotopic (exact) mass is 382 g/mol. The van der Waals surface area contributed by atoms with E-state index in [9.17, 15) is 13.2 Å². The van der Waals surface area contributed by atoms with Gasteiger partial charge in [-0.3, -0.25) is 0 Å². The Morgan fingerprint density at radius 1 is 1.35 bits per heavy atom. The highest BCUT2D eigenvalue weighted by Gasteiger charge is 2.31. The van der Waals surface area contributed by atoms with Crippen LogP contribution in [0.4, 0.5) is 13.2 Å². The second kappa shape index (κ2) is 7.16. The van der Waals surface area contributed by atoms with Gasteiger partial charge in [0.2, 0.25) is 11.9 Å². The Hall–Kier alpha value is -2.88. The Morgan fingerprint density at radius 3 is 2.85 bits per heavy atom. The van der Waals surface area contributed by atoms with Crippen LogP contribution in [0.15, 0.2) is 50.8 Å². The molecule has 0 amide bonds. The van der Waals surface area contributed by atoms with Crippen LogP contribution >= 0.6 is 11.3 Å². The Kier molecular flexibility index (Phi) is 4.94. The largest absolute Gasteiger partial charge is 0.416 e. The summed E-state index contributed by atoms with van der Waals surface area (Å²) in [5.74, 6) is 0.284. The summed E-state index contributed by atoms with van der Waals surface area (Å²) >= 11 is 1.46. The maximum absolute atomic E-state index is 12.8. The first kappa shape index (κ1) is 17.9. The molecule has 26 heavy (non-hydrogen) atoms. The molecule has 6 nitrogen and oxygen atoms in total. The van der Waals surface area contributed by atoms with Crippen LogP contribution in [0.25, 0.3) is 11.4 Å². The molecule has 0 saturated heterocycles. The summed E-state index contributed by atoms with van der Waals surface area (Å²) in [7, 11) is 0. The summed E-state index contributed by atoms with van der Waals surface area (Å²) in [5.41, 5.74) is 5.89. The van der Waals surface area contributed by atoms with Crippen molar-refractivity contribution in [2.45, 2.75) is 19.2 Å². The predicted molar refractivity (Wildman–Crippen MR) is 89.3 cm³/mol. The van der Waals surface area contributed by atoms with Gasteiger partial charge in [0.25, 0.3) is 5.89 Å². The average Bonchev–Trinajstić information content (AvgIpc) is 3.30. The molecule has 2 aromatic heterocycles. The first-order chi connectivity index (χ1) is 12.3. The Bertz CT molecular complexity index is 906. The first-order valence-corrected chi connectivity index (χ1v) is 8.32. The predicted octanol–water partition coefficient (Wildman–Crippen LogP) is 4.22. The Morgan fingerprint density at radius 2 is 2.15 bits per heavy atom. The summed E-state index contributed by atoms with van der Waals surface area (Å²) in [4.78, 5) is 9.30. The van der Waals surface area contributed by atoms with Gasteiger partial charge in [0.1, 0.15) is 0 Å². The summed E-state index contributed by atoms with van der Waals surface area (Å²) in [6.45, 7) is 1.60. The lowest BCUT2D eigenvalue weighted by Gasteiger charge is -2.06. The van der Waals surface area contributed by atoms with Gasteiger partial charge >= 0.3 is 6.18 Å². The molecule has 0 unspecified atom stereocenters. The van der Waals surface area contributed by atoms with E-state index >= 15 is 0 Å². The minimum absolute atomic E-state index is 0.0244. The second-order valence-corrected chi connectivity index (χ2v) is 6.05. The lowest BCUT2D eigenvalue weighted by atomic mass is 10.1. The summed E-state index contributed by atoms with van der Waals surface area (Å²) in [6.07, 6.45) is -5.17. The van der Waals surface area contributed by atoms with Crippen molar-refractivity contribution in [3.63, 3.8) is 0 Å². The van der Waals surface area contributed by atoms with E-state index in [2.05, 4.69) is 15.3 Å². The van der Waals surface area contributed by atoms with Gasteiger partial charge < -0.3 is 15.1 Å². The average molecular weight is 382 g/mol. The van der Waals surface area contributed by atoms with E-state index in [4.69, 9.17) is 15.1 Å². The fourth-order valence-electron chi connectivity index (χ4n) is 2.00. The Labute approximate surface area is 150 Å². The van der Waals surface area contributed by atoms with Crippen molar-refractivity contribution in [2.75, 3.05) is 0 Å². The molecule has 0 aliphatic heterocycles. The highest BCUT2D eigenvalue weighted by Crippen LogP contribution is 2.31. The van der Waals surface area contributed by atoms with Crippen LogP contribution in [0.1, 0.15) is 30.0 Å². The Balaban J connectivity index is 1.74. The maximum Gasteiger partial charge on any atom is 0.416 e. The fraction of sp³-hybridized carbons (Fsp3) is 0.188. The van der Waals surface area contributed by atoms with Crippen LogP contribution in [0.3, 0.4) is 0 Å². The number of nitrogens with zero attached hydrogens (tertiary/aromatic N) is 3. The number of amidine groups is 1. The van der Waals surface area contributed by atoms with E-state index in [0.717, 1.165) is 17.7 Å². The molecular weight excluding hydrogens is 369 g/mol. The SMILES string of the molecule is C[C@H](O/N=C(\N)c1ccsc1)c1nc(-c2cccc(C(F)(F)F)c2)no1. The zero-order valence-corrected chi connectivity index (χ0v) is 14.2. The molecule has 1 aromatic carbocycles. The zero-order chi connectivity index (χ0) is 18.7. The normalized spacial score (nSPS) is 13.6. The number of alkyl halides is 3. The number of halogens is 3. The van der Waals surface area contributed by atoms with Crippen molar-refractivity contribution in [3.8, 4) is 11.4 Å². The van der Waals surface area contributed by atoms with Gasteiger partial charge in [-0.2, -0.15) is 29.5 Å². The van der Waals surface area contributed by atoms with E-state index in [1.54, 1.807) is 13.0 Å². The number of hydrogen-bond acceptors (Lipinski definition) is 6. The molecule has 0 aliphatic carbocycles. The number of thiophene rings is 1. The van der Waals surface area contributed by atoms with E-state index in [0.29, 0.717) is 0 Å². The first-order valence-electron chi connectivity index (χ1n) is 7.37. The van der Waals surface area contributed by atoms with E-state index in [1.807, 2.05) is 10.8 Å². The summed E-state index contributed by atoms with van der Waals surface area (Å²) in [6, 6.07) is 6.45. The van der Waals surface area contributed by atoms with Gasteiger partial charge in [0.15, 0.2) is 5.84 Å². The number of benzene rings is 1. The third-order valence-corrected chi connectivity index (χ3v) is 4.05. The van der Waals surface area contributed by atoms with Crippen molar-refractivity contribution in [2.24, 2.45) is 10.9 Å². The van der Waals surface area contributed by atoms with Crippen molar-refractivity contribution in [1.82, 2.24) is 10.1 Å². The highest BCUT2D eigenvalue weighted by atomic mass is 32.1. The third kappa shape index (κ3) is 4.02. The molecule has 2 N–H and O–H groups in total. The topological polar surface area (TPSA) is 86.5 Å². The number of nitrogens with two attached hydrogens (primary N) is 1. The van der Waals surface area contributed by atoms with E-state index in [1.165, 1.54) is 23.5 Å². The molecule has 0 fully saturated rings. The molecule has 1 atom stereocenters. The van der Waals surface area contributed by atoms with Crippen LogP contribution < -0.4 is 5.73 Å². The van der Waals surface area contributed by atoms with Gasteiger partial charge in [-0.15, -0.1) is 0 Å². The molecule has 0 spiro atoms. The molecular formula is C16H13F3N4O2S. The van der Waals surface area contributed by atoms with Crippen molar-refractivity contribution in [1.29, 1.82) is 0 Å². The molecule has 3 aromatic rings. The number of hydrogen-bond donors (Lipinski definition) is 1. The quantitative estimate of drug-likeness (QED) is 0.406. The van der Waals surface area contributed by atoms with Gasteiger partial charge in [-0.25, -0.2) is 0 Å². The molecule has 0 aliphatic rings. The van der Waals surface area contributed by atoms with Crippen LogP contribution in [0, 0.1) is 0 Å². The number of aromatic nitrogens is 2. The van der Waals surface area contributed by atoms with Crippen LogP contribution in [-0.2, 0) is 11.0 Å². The molecule has 2 heterocycles. The molecule has 0 saturated carbocycles. The fourth-order valence-corrected chi connectivity index (χ4v) is 2.65. The van der Waals surface area contributed by atoms with Crippen molar-refractivity contribution in [3.05, 3.63) is 58.1 Å². The zero-order valence-electron chi connectivity index (χ0n) is 13.4. The van der Waals surface area contributed by atoms with Crippen LogP contribution in [-0.4, -0.2) is 16.0 Å². The smallest absolute Gasteiger partial charge is 0.381 e. The van der Waals surface area contributed by atoms with Crippen LogP contribution in [0.5, 0.6) is 0 Å². The van der Waals surface area contributed by atoms with E-state index < -0.39 is 17.8 Å². The minimum atomic E-state index is -4.45. The maximum atomic E-state index is 12.8. The molecule has 10 heteroatoms. The van der Waals surface area contributed by atoms with Gasteiger partial charge in [-0.05, 0) is 30.5 Å². The molecule has 3 rings (SSSR count). The molecule has 136 valence electrons. The van der Waals surface area contributed by atoms with Crippen molar-refractivity contribution >= 4 is 17.2 Å². The lowest BCUT2D eigenvalue weighted by Crippen LogP contribution is -2.13. The van der Waals surface area contributed by atoms with Gasteiger partial charge in [0.05, 0.1) is 5.56 Å². The number of rotatable bonds is 5. The van der Waals surface area contributed by atoms with Crippen molar-refractivity contribution < 1.29 is 22.5 Å². The molecule has 0 bridgehead atoms. The third-order valence-electron chi connectivity index (χ3n) is 3.36. The standard InChI is InChI=1S/C16H13F3N4O2S/c1-9(24-22-13(20)11-5-6-26-8-11)15-21-14(23-25-15)10-3-2-4-12(7-10)16(17,18)19/h2-9H,1H3,(H2,20,22)/t9-/m0/s1. The highest BCUT2D eigenvalue weighted by molar-refractivity contribution is 7.08. The lowest BCUT2D eigenvalue weighted by molar-refractivity contribution is -0.137. The van der Waals surface area contributed by atoms with Gasteiger partial charge in [-0.1, -0.05) is 22.4 Å². The van der Waals surface area contributed by atoms with Gasteiger partial charge in [0, 0.05) is 16.5 Å². The van der Waals surface area contributed by atoms with Crippen LogP contribution in [0.2, 0.25) is 0 Å². The second-order valence-electron chi connectivity index (χ2n) is 5.27. The number of oxime groups is 1. The summed E-state index contributed by atoms with van der Waals surface area (Å²) < 4.78 is 43.5. The van der Waals surface area contributed by atoms with E-state index in [-0.39, 0.29) is 23.1 Å². The minimum Gasteiger partial charge on any atom is -0.381 e. The molecule has 0 radical (unpaired) electrons. The summed E-state index contributed by atoms with van der Waals surface area (Å²) in [5, 5.41) is 11.2.